The van der Waals surface area contributed by atoms with E-state index in [-0.39, 0.29) is 5.63 Å². The summed E-state index contributed by atoms with van der Waals surface area (Å²) in [5.74, 6) is 0. The van der Waals surface area contributed by atoms with Crippen molar-refractivity contribution in [1.29, 1.82) is 0 Å². The predicted octanol–water partition coefficient (Wildman–Crippen LogP) is 4.32. The topological polar surface area (TPSA) is 43.1 Å². The molecule has 0 aliphatic heterocycles. The second-order valence-electron chi connectivity index (χ2n) is 5.32. The van der Waals surface area contributed by atoms with Gasteiger partial charge in [0.05, 0.1) is 11.2 Å². The highest BCUT2D eigenvalue weighted by molar-refractivity contribution is 6.04. The number of benzene rings is 2. The lowest BCUT2D eigenvalue weighted by molar-refractivity contribution is 0.561. The molecule has 0 amide bonds. The molecule has 0 atom stereocenters. The number of hydrogen-bond acceptors (Lipinski definition) is 3. The van der Waals surface area contributed by atoms with Crippen LogP contribution in [0.15, 0.2) is 69.9 Å². The van der Waals surface area contributed by atoms with Gasteiger partial charge in [-0.1, -0.05) is 30.3 Å². The number of hydrogen-bond donors (Lipinski definition) is 0. The van der Waals surface area contributed by atoms with Gasteiger partial charge in [0.2, 0.25) is 0 Å². The van der Waals surface area contributed by atoms with Crippen LogP contribution in [0.2, 0.25) is 0 Å². The largest absolute Gasteiger partial charge is 0.423 e. The van der Waals surface area contributed by atoms with Gasteiger partial charge in [-0.15, -0.1) is 0 Å². The summed E-state index contributed by atoms with van der Waals surface area (Å²) >= 11 is 0. The van der Waals surface area contributed by atoms with E-state index >= 15 is 0 Å². The first-order chi connectivity index (χ1) is 10.7. The highest BCUT2D eigenvalue weighted by Gasteiger charge is 2.09. The van der Waals surface area contributed by atoms with Crippen LogP contribution in [0.3, 0.4) is 0 Å². The quantitative estimate of drug-likeness (QED) is 0.387. The maximum absolute atomic E-state index is 11.3. The Labute approximate surface area is 126 Å². The van der Waals surface area contributed by atoms with Gasteiger partial charge in [-0.05, 0) is 36.8 Å². The second kappa shape index (κ2) is 4.81. The third-order valence-corrected chi connectivity index (χ3v) is 3.83. The summed E-state index contributed by atoms with van der Waals surface area (Å²) in [5.41, 5.74) is 4.32. The zero-order chi connectivity index (χ0) is 15.1. The van der Waals surface area contributed by atoms with E-state index in [4.69, 9.17) is 9.40 Å². The van der Waals surface area contributed by atoms with E-state index in [2.05, 4.69) is 18.2 Å². The Bertz CT molecular complexity index is 1050. The molecule has 4 aromatic rings. The zero-order valence-corrected chi connectivity index (χ0v) is 12.0. The molecule has 3 heteroatoms. The Balaban J connectivity index is 2.05. The molecule has 0 saturated carbocycles. The van der Waals surface area contributed by atoms with E-state index in [9.17, 15) is 4.79 Å². The van der Waals surface area contributed by atoms with E-state index < -0.39 is 0 Å². The van der Waals surface area contributed by atoms with Crippen LogP contribution in [-0.4, -0.2) is 4.98 Å². The summed E-state index contributed by atoms with van der Waals surface area (Å²) in [4.78, 5) is 16.1. The van der Waals surface area contributed by atoms with Gasteiger partial charge in [-0.3, -0.25) is 0 Å². The Morgan fingerprint density at radius 3 is 2.55 bits per heavy atom. The normalized spacial score (nSPS) is 11.1. The number of nitrogens with zero attached hydrogens (tertiary/aromatic N) is 1. The number of rotatable bonds is 1. The summed E-state index contributed by atoms with van der Waals surface area (Å²) < 4.78 is 5.24. The van der Waals surface area contributed by atoms with Gasteiger partial charge in [0.15, 0.2) is 0 Å². The minimum Gasteiger partial charge on any atom is -0.423 e. The van der Waals surface area contributed by atoms with Crippen LogP contribution in [-0.2, 0) is 0 Å². The molecular formula is C19H13NO2. The van der Waals surface area contributed by atoms with Crippen LogP contribution in [0, 0.1) is 6.92 Å². The molecule has 0 spiro atoms. The van der Waals surface area contributed by atoms with Crippen LogP contribution in [0.25, 0.3) is 33.1 Å². The van der Waals surface area contributed by atoms with Gasteiger partial charge in [0, 0.05) is 22.4 Å². The lowest BCUT2D eigenvalue weighted by atomic mass is 10.0. The van der Waals surface area contributed by atoms with Crippen LogP contribution < -0.4 is 5.63 Å². The summed E-state index contributed by atoms with van der Waals surface area (Å²) in [5, 5.41) is 1.91. The van der Waals surface area contributed by atoms with Gasteiger partial charge in [-0.25, -0.2) is 9.78 Å². The lowest BCUT2D eigenvalue weighted by Gasteiger charge is -2.09. The molecule has 0 fully saturated rings. The molecule has 4 rings (SSSR count). The van der Waals surface area contributed by atoms with Crippen molar-refractivity contribution >= 4 is 21.9 Å². The number of aromatic nitrogens is 1. The molecule has 0 aliphatic rings. The van der Waals surface area contributed by atoms with Crippen LogP contribution in [0.4, 0.5) is 0 Å². The fourth-order valence-corrected chi connectivity index (χ4v) is 2.79. The van der Waals surface area contributed by atoms with E-state index in [1.807, 2.05) is 31.2 Å². The molecule has 0 saturated heterocycles. The van der Waals surface area contributed by atoms with Gasteiger partial charge in [-0.2, -0.15) is 0 Å². The summed E-state index contributed by atoms with van der Waals surface area (Å²) in [7, 11) is 0. The Morgan fingerprint density at radius 1 is 0.909 bits per heavy atom. The third-order valence-electron chi connectivity index (χ3n) is 3.83. The average Bonchev–Trinajstić information content (AvgIpc) is 2.54. The fourth-order valence-electron chi connectivity index (χ4n) is 2.79. The summed E-state index contributed by atoms with van der Waals surface area (Å²) in [6, 6.07) is 19.2. The van der Waals surface area contributed by atoms with Crippen molar-refractivity contribution in [2.75, 3.05) is 0 Å². The van der Waals surface area contributed by atoms with Crippen LogP contribution in [0.1, 0.15) is 5.56 Å². The van der Waals surface area contributed by atoms with E-state index in [0.29, 0.717) is 5.58 Å². The number of pyridine rings is 1. The monoisotopic (exact) mass is 287 g/mol. The predicted molar refractivity (Wildman–Crippen MR) is 88.0 cm³/mol. The van der Waals surface area contributed by atoms with Crippen molar-refractivity contribution in [3.8, 4) is 11.3 Å². The molecule has 22 heavy (non-hydrogen) atoms. The number of fused-ring (bicyclic) bond motifs is 3. The highest BCUT2D eigenvalue weighted by atomic mass is 16.4. The standard InChI is InChI=1S/C19H13NO2/c1-12-11-15-14-7-10-18(21)22-17(14)9-8-16(15)20-19(12)13-5-3-2-4-6-13/h2-11H,1H3. The Kier molecular flexibility index (Phi) is 2.79. The highest BCUT2D eigenvalue weighted by Crippen LogP contribution is 2.29. The SMILES string of the molecule is Cc1cc2c(ccc3oc(=O)ccc32)nc1-c1ccccc1. The van der Waals surface area contributed by atoms with Gasteiger partial charge in [0.25, 0.3) is 0 Å². The molecule has 0 N–H and O–H groups in total. The second-order valence-corrected chi connectivity index (χ2v) is 5.32. The molecular weight excluding hydrogens is 274 g/mol. The van der Waals surface area contributed by atoms with Gasteiger partial charge >= 0.3 is 5.63 Å². The van der Waals surface area contributed by atoms with Gasteiger partial charge in [0.1, 0.15) is 5.58 Å². The van der Waals surface area contributed by atoms with Crippen LogP contribution >= 0.6 is 0 Å². The third kappa shape index (κ3) is 1.99. The minimum atomic E-state index is -0.336. The maximum Gasteiger partial charge on any atom is 0.336 e. The summed E-state index contributed by atoms with van der Waals surface area (Å²) in [6.07, 6.45) is 0. The minimum absolute atomic E-state index is 0.336. The average molecular weight is 287 g/mol. The lowest BCUT2D eigenvalue weighted by Crippen LogP contribution is -1.96. The molecule has 0 radical (unpaired) electrons. The first-order valence-corrected chi connectivity index (χ1v) is 7.12. The van der Waals surface area contributed by atoms with Crippen LogP contribution in [0.5, 0.6) is 0 Å². The van der Waals surface area contributed by atoms with Crippen molar-refractivity contribution in [2.45, 2.75) is 6.92 Å². The molecule has 2 aromatic heterocycles. The fraction of sp³-hybridized carbons (Fsp3) is 0.0526. The van der Waals surface area contributed by atoms with E-state index in [1.165, 1.54) is 6.07 Å². The number of aryl methyl sites for hydroxylation is 1. The van der Waals surface area contributed by atoms with E-state index in [0.717, 1.165) is 33.1 Å². The molecule has 0 bridgehead atoms. The first-order valence-electron chi connectivity index (χ1n) is 7.12. The zero-order valence-electron chi connectivity index (χ0n) is 12.0. The Hall–Kier alpha value is -2.94. The van der Waals surface area contributed by atoms with Crippen molar-refractivity contribution in [2.24, 2.45) is 0 Å². The smallest absolute Gasteiger partial charge is 0.336 e. The van der Waals surface area contributed by atoms with E-state index in [1.54, 1.807) is 12.1 Å². The van der Waals surface area contributed by atoms with Crippen molar-refractivity contribution in [3.05, 3.63) is 76.6 Å². The van der Waals surface area contributed by atoms with Crippen molar-refractivity contribution in [3.63, 3.8) is 0 Å². The molecule has 2 aromatic carbocycles. The molecule has 106 valence electrons. The summed E-state index contributed by atoms with van der Waals surface area (Å²) in [6.45, 7) is 2.05. The van der Waals surface area contributed by atoms with Crippen molar-refractivity contribution < 1.29 is 4.42 Å². The first kappa shape index (κ1) is 12.8. The molecule has 0 unspecified atom stereocenters. The Morgan fingerprint density at radius 2 is 1.73 bits per heavy atom. The maximum atomic E-state index is 11.3. The molecule has 3 nitrogen and oxygen atoms in total. The van der Waals surface area contributed by atoms with Crippen molar-refractivity contribution in [1.82, 2.24) is 4.98 Å². The molecule has 2 heterocycles. The molecule has 0 aliphatic carbocycles. The van der Waals surface area contributed by atoms with Gasteiger partial charge < -0.3 is 4.42 Å².